The van der Waals surface area contributed by atoms with Gasteiger partial charge in [-0.2, -0.15) is 0 Å². The Morgan fingerprint density at radius 1 is 0.776 bits per heavy atom. The molecule has 2 saturated heterocycles. The Labute approximate surface area is 344 Å². The molecule has 0 saturated carbocycles. The van der Waals surface area contributed by atoms with Gasteiger partial charge in [0.05, 0.1) is 29.4 Å². The first-order valence-corrected chi connectivity index (χ1v) is 19.8. The fourth-order valence-corrected chi connectivity index (χ4v) is 7.75. The number of carboxylic acids is 1. The van der Waals surface area contributed by atoms with Gasteiger partial charge in [0.1, 0.15) is 18.8 Å². The number of thiocarbonyl (C=S) groups is 1. The lowest BCUT2D eigenvalue weighted by molar-refractivity contribution is -0.251. The highest BCUT2D eigenvalue weighted by atomic mass is 32.2. The molecule has 3 aromatic rings. The fraction of sp³-hybridized carbons (Fsp3) is 0.415. The minimum atomic E-state index is -1.32. The van der Waals surface area contributed by atoms with Gasteiger partial charge in [-0.05, 0) is 47.5 Å². The van der Waals surface area contributed by atoms with Crippen LogP contribution in [0.25, 0.3) is 0 Å². The topological polar surface area (TPSA) is 202 Å². The minimum absolute atomic E-state index is 0.0618. The fourth-order valence-electron chi connectivity index (χ4n) is 6.55. The molecule has 310 valence electrons. The number of benzene rings is 3. The van der Waals surface area contributed by atoms with Crippen LogP contribution in [0.2, 0.25) is 0 Å². The van der Waals surface area contributed by atoms with Gasteiger partial charge in [0.2, 0.25) is 0 Å². The van der Waals surface area contributed by atoms with Crippen molar-refractivity contribution in [2.24, 2.45) is 0 Å². The highest BCUT2D eigenvalue weighted by molar-refractivity contribution is 7.99. The summed E-state index contributed by atoms with van der Waals surface area (Å²) in [6.07, 6.45) is -6.97. The lowest BCUT2D eigenvalue weighted by atomic mass is 9.92. The monoisotopic (exact) mass is 839 g/mol. The third kappa shape index (κ3) is 12.5. The number of aliphatic hydroxyl groups is 1. The van der Waals surface area contributed by atoms with Gasteiger partial charge in [0.25, 0.3) is 0 Å². The van der Waals surface area contributed by atoms with Gasteiger partial charge in [-0.25, -0.2) is 4.79 Å². The van der Waals surface area contributed by atoms with E-state index in [1.165, 1.54) is 25.6 Å². The molecule has 8 atom stereocenters. The summed E-state index contributed by atoms with van der Waals surface area (Å²) in [4.78, 5) is 60.8. The third-order valence-corrected chi connectivity index (χ3v) is 10.5. The van der Waals surface area contributed by atoms with E-state index in [1.54, 1.807) is 36.4 Å². The first-order valence-electron chi connectivity index (χ1n) is 18.4. The molecule has 2 fully saturated rings. The number of nitrogens with one attached hydrogen (secondary N) is 1. The van der Waals surface area contributed by atoms with E-state index in [4.69, 9.17) is 45.4 Å². The number of thioether (sulfide) groups is 1. The summed E-state index contributed by atoms with van der Waals surface area (Å²) < 4.78 is 41.0. The van der Waals surface area contributed by atoms with Crippen LogP contribution in [0.15, 0.2) is 77.7 Å². The van der Waals surface area contributed by atoms with Crippen molar-refractivity contribution >= 4 is 64.5 Å². The van der Waals surface area contributed by atoms with E-state index in [9.17, 15) is 34.2 Å². The van der Waals surface area contributed by atoms with Crippen molar-refractivity contribution in [3.8, 4) is 0 Å². The molecule has 3 N–H and O–H groups in total. The number of ether oxygens (including phenoxy) is 7. The highest BCUT2D eigenvalue weighted by Crippen LogP contribution is 2.40. The van der Waals surface area contributed by atoms with Crippen LogP contribution in [-0.4, -0.2) is 94.0 Å². The van der Waals surface area contributed by atoms with Crippen LogP contribution in [0.4, 0.5) is 5.69 Å². The van der Waals surface area contributed by atoms with Gasteiger partial charge >= 0.3 is 29.8 Å². The van der Waals surface area contributed by atoms with E-state index in [2.05, 4.69) is 5.32 Å². The Bertz CT molecular complexity index is 1940. The Balaban J connectivity index is 1.35. The van der Waals surface area contributed by atoms with Gasteiger partial charge < -0.3 is 48.7 Å². The van der Waals surface area contributed by atoms with Crippen LogP contribution in [-0.2, 0) is 58.9 Å². The number of rotatable bonds is 15. The molecule has 0 radical (unpaired) electrons. The van der Waals surface area contributed by atoms with Crippen molar-refractivity contribution in [2.45, 2.75) is 101 Å². The molecule has 2 aliphatic rings. The van der Waals surface area contributed by atoms with Gasteiger partial charge in [0, 0.05) is 62.4 Å². The summed E-state index contributed by atoms with van der Waals surface area (Å²) in [7, 11) is 0. The first-order chi connectivity index (χ1) is 27.7. The van der Waals surface area contributed by atoms with E-state index in [-0.39, 0.29) is 42.4 Å². The molecule has 58 heavy (non-hydrogen) atoms. The molecule has 0 spiro atoms. The number of carboxylic acid groups (broad SMARTS) is 1. The molecule has 2 aliphatic heterocycles. The number of aromatic carboxylic acids is 1. The number of hydrogen-bond acceptors (Lipinski definition) is 15. The van der Waals surface area contributed by atoms with Crippen molar-refractivity contribution in [1.29, 1.82) is 0 Å². The molecule has 0 aromatic heterocycles. The van der Waals surface area contributed by atoms with Crippen molar-refractivity contribution in [1.82, 2.24) is 0 Å². The Morgan fingerprint density at radius 2 is 1.41 bits per heavy atom. The predicted octanol–water partition coefficient (Wildman–Crippen LogP) is 5.47. The summed E-state index contributed by atoms with van der Waals surface area (Å²) in [6, 6.07) is 21.4. The Kier molecular flexibility index (Phi) is 15.8. The Hall–Kier alpha value is -4.91. The summed E-state index contributed by atoms with van der Waals surface area (Å²) in [5.41, 5.74) is 3.12. The second-order valence-electron chi connectivity index (χ2n) is 13.6. The van der Waals surface area contributed by atoms with Crippen LogP contribution in [0, 0.1) is 0 Å². The average Bonchev–Trinajstić information content (AvgIpc) is 3.18. The van der Waals surface area contributed by atoms with Gasteiger partial charge in [-0.15, -0.1) is 11.8 Å². The smallest absolute Gasteiger partial charge is 0.335 e. The summed E-state index contributed by atoms with van der Waals surface area (Å²) >= 11 is 7.29. The molecule has 5 rings (SSSR count). The van der Waals surface area contributed by atoms with Crippen LogP contribution in [0.3, 0.4) is 0 Å². The van der Waals surface area contributed by atoms with Crippen molar-refractivity contribution in [3.05, 3.63) is 95.1 Å². The number of anilines is 1. The Morgan fingerprint density at radius 3 is 2.02 bits per heavy atom. The van der Waals surface area contributed by atoms with Gasteiger partial charge in [-0.1, -0.05) is 48.6 Å². The third-order valence-electron chi connectivity index (χ3n) is 9.07. The molecule has 3 aromatic carbocycles. The molecule has 0 amide bonds. The molecule has 15 nitrogen and oxygen atoms in total. The van der Waals surface area contributed by atoms with E-state index in [1.807, 2.05) is 36.4 Å². The summed E-state index contributed by atoms with van der Waals surface area (Å²) in [5, 5.41) is 22.0. The van der Waals surface area contributed by atoms with E-state index in [0.717, 1.165) is 29.9 Å². The molecule has 17 heteroatoms. The largest absolute Gasteiger partial charge is 0.478 e. The number of esters is 4. The highest BCUT2D eigenvalue weighted by Gasteiger charge is 2.52. The predicted molar refractivity (Wildman–Crippen MR) is 212 cm³/mol. The number of aliphatic hydroxyl groups excluding tert-OH is 1. The summed E-state index contributed by atoms with van der Waals surface area (Å²) in [6.45, 7) is 4.21. The zero-order valence-corrected chi connectivity index (χ0v) is 33.8. The first kappa shape index (κ1) is 44.2. The van der Waals surface area contributed by atoms with Gasteiger partial charge in [0.15, 0.2) is 24.6 Å². The number of carbonyl (C=O) groups excluding carboxylic acids is 4. The van der Waals surface area contributed by atoms with E-state index in [0.29, 0.717) is 23.4 Å². The SMILES string of the molecule is CC(=O)OC[C@H]1O[C@@H](CC(=S)Nc2cccc(C3O[C@H](CSc4ccc(C(=O)O)cc4)C[C@H](c4ccc(CO)cc4)O3)c2)[C@H](OC(C)=O)[C@@H](OC(C)=O)[C@@H]1OC(C)=O. The normalized spacial score (nSPS) is 24.2. The van der Waals surface area contributed by atoms with Crippen molar-refractivity contribution in [2.75, 3.05) is 17.7 Å². The second-order valence-corrected chi connectivity index (χ2v) is 15.2. The molecular formula is C41H45NO14S2. The lowest BCUT2D eigenvalue weighted by Crippen LogP contribution is -2.62. The second kappa shape index (κ2) is 20.7. The van der Waals surface area contributed by atoms with Gasteiger partial charge in [-0.3, -0.25) is 19.2 Å². The van der Waals surface area contributed by atoms with Crippen LogP contribution in [0.1, 0.15) is 80.0 Å². The van der Waals surface area contributed by atoms with Crippen LogP contribution >= 0.6 is 24.0 Å². The quantitative estimate of drug-likeness (QED) is 0.0752. The number of carbonyl (C=O) groups is 5. The summed E-state index contributed by atoms with van der Waals surface area (Å²) in [5.74, 6) is -3.26. The number of hydrogen-bond donors (Lipinski definition) is 3. The molecule has 0 aliphatic carbocycles. The van der Waals surface area contributed by atoms with Crippen molar-refractivity contribution < 1.29 is 67.3 Å². The zero-order chi connectivity index (χ0) is 41.9. The molecule has 1 unspecified atom stereocenters. The molecule has 0 bridgehead atoms. The van der Waals surface area contributed by atoms with Crippen molar-refractivity contribution in [3.63, 3.8) is 0 Å². The standard InChI is InChI=1S/C41H45NO14S2/c1-22(44)50-20-35-38(52-24(3)46)39(53-25(4)47)37(51-23(2)45)34(55-35)18-36(57)42-30-7-5-6-29(16-30)41-54-31(21-58-32-14-12-28(13-15-32)40(48)49)17-33(56-41)27-10-8-26(19-43)9-11-27/h5-16,31,33-35,37-39,41,43H,17-21H2,1-4H3,(H,42,57)(H,48,49)/t31-,33+,34-,35+,37-,38+,39+,41?/m0/s1. The maximum absolute atomic E-state index is 12.3. The molecular weight excluding hydrogens is 795 g/mol. The zero-order valence-electron chi connectivity index (χ0n) is 32.2. The maximum Gasteiger partial charge on any atom is 0.335 e. The maximum atomic E-state index is 12.3. The van der Waals surface area contributed by atoms with Crippen LogP contribution < -0.4 is 5.32 Å². The van der Waals surface area contributed by atoms with E-state index >= 15 is 0 Å². The average molecular weight is 840 g/mol. The molecule has 2 heterocycles. The minimum Gasteiger partial charge on any atom is -0.478 e. The van der Waals surface area contributed by atoms with E-state index < -0.39 is 66.7 Å². The van der Waals surface area contributed by atoms with Crippen LogP contribution in [0.5, 0.6) is 0 Å². The lowest BCUT2D eigenvalue weighted by Gasteiger charge is -2.44.